The van der Waals surface area contributed by atoms with Crippen molar-refractivity contribution >= 4 is 17.6 Å². The Morgan fingerprint density at radius 1 is 1.25 bits per heavy atom. The van der Waals surface area contributed by atoms with E-state index < -0.39 is 0 Å². The fraction of sp³-hybridized carbons (Fsp3) is 0.556. The lowest BCUT2D eigenvalue weighted by molar-refractivity contribution is -0.122. The van der Waals surface area contributed by atoms with Crippen LogP contribution in [0, 0.1) is 0 Å². The van der Waals surface area contributed by atoms with E-state index in [9.17, 15) is 9.59 Å². The third kappa shape index (κ3) is 4.26. The number of aliphatic hydroxyl groups excluding tert-OH is 1. The van der Waals surface area contributed by atoms with Crippen LogP contribution >= 0.6 is 0 Å². The van der Waals surface area contributed by atoms with Crippen LogP contribution in [0.1, 0.15) is 38.7 Å². The molecule has 1 aliphatic heterocycles. The molecule has 1 heterocycles. The maximum absolute atomic E-state index is 12.5. The Morgan fingerprint density at radius 3 is 2.46 bits per heavy atom. The van der Waals surface area contributed by atoms with E-state index >= 15 is 0 Å². The summed E-state index contributed by atoms with van der Waals surface area (Å²) in [6.45, 7) is 7.18. The van der Waals surface area contributed by atoms with Crippen LogP contribution in [0.25, 0.3) is 0 Å². The zero-order chi connectivity index (χ0) is 17.7. The Balaban J connectivity index is 1.95. The largest absolute Gasteiger partial charge is 0.394 e. The van der Waals surface area contributed by atoms with E-state index in [4.69, 9.17) is 5.11 Å². The summed E-state index contributed by atoms with van der Waals surface area (Å²) in [6, 6.07) is 7.57. The molecule has 132 valence electrons. The van der Waals surface area contributed by atoms with Crippen molar-refractivity contribution in [2.75, 3.05) is 31.1 Å². The average Bonchev–Trinajstić information content (AvgIpc) is 2.93. The van der Waals surface area contributed by atoms with Gasteiger partial charge in [-0.2, -0.15) is 0 Å². The van der Waals surface area contributed by atoms with Crippen LogP contribution in [0.4, 0.5) is 10.5 Å². The molecule has 1 atom stereocenters. The molecule has 3 amide bonds. The average molecular weight is 333 g/mol. The summed E-state index contributed by atoms with van der Waals surface area (Å²) in [6.07, 6.45) is 0.657. The van der Waals surface area contributed by atoms with E-state index in [0.29, 0.717) is 25.4 Å². The van der Waals surface area contributed by atoms with Gasteiger partial charge in [-0.25, -0.2) is 4.79 Å². The number of hydrogen-bond acceptors (Lipinski definition) is 3. The molecule has 2 rings (SSSR count). The van der Waals surface area contributed by atoms with Gasteiger partial charge in [0.2, 0.25) is 5.91 Å². The lowest BCUT2D eigenvalue weighted by Crippen LogP contribution is -2.44. The molecule has 1 aromatic carbocycles. The first-order valence-corrected chi connectivity index (χ1v) is 8.52. The second kappa shape index (κ2) is 8.15. The normalized spacial score (nSPS) is 16.0. The Kier molecular flexibility index (Phi) is 6.20. The highest BCUT2D eigenvalue weighted by Gasteiger charge is 2.31. The van der Waals surface area contributed by atoms with Crippen LogP contribution in [0.15, 0.2) is 24.3 Å². The predicted octanol–water partition coefficient (Wildman–Crippen LogP) is 1.94. The first-order chi connectivity index (χ1) is 11.5. The Hall–Kier alpha value is -2.08. The summed E-state index contributed by atoms with van der Waals surface area (Å²) < 4.78 is 0. The predicted molar refractivity (Wildman–Crippen MR) is 94.2 cm³/mol. The van der Waals surface area contributed by atoms with Crippen LogP contribution in [0.2, 0.25) is 0 Å². The summed E-state index contributed by atoms with van der Waals surface area (Å²) in [5, 5.41) is 11.9. The van der Waals surface area contributed by atoms with Crippen LogP contribution in [0.3, 0.4) is 0 Å². The van der Waals surface area contributed by atoms with E-state index in [0.717, 1.165) is 5.69 Å². The highest BCUT2D eigenvalue weighted by Crippen LogP contribution is 2.23. The minimum absolute atomic E-state index is 0.0237. The van der Waals surface area contributed by atoms with E-state index in [-0.39, 0.29) is 31.1 Å². The Bertz CT molecular complexity index is 567. The number of urea groups is 1. The summed E-state index contributed by atoms with van der Waals surface area (Å²) in [5.74, 6) is 0.216. The molecule has 1 saturated heterocycles. The van der Waals surface area contributed by atoms with Gasteiger partial charge >= 0.3 is 6.03 Å². The maximum atomic E-state index is 12.5. The first kappa shape index (κ1) is 18.3. The number of rotatable bonds is 7. The van der Waals surface area contributed by atoms with Gasteiger partial charge in [-0.3, -0.25) is 9.69 Å². The van der Waals surface area contributed by atoms with E-state index in [2.05, 4.69) is 19.2 Å². The minimum atomic E-state index is -0.255. The number of carbonyl (C=O) groups is 2. The smallest absolute Gasteiger partial charge is 0.325 e. The van der Waals surface area contributed by atoms with Crippen molar-refractivity contribution in [2.45, 2.75) is 39.2 Å². The van der Waals surface area contributed by atoms with Crippen molar-refractivity contribution in [3.63, 3.8) is 0 Å². The standard InChI is InChI=1S/C18H27N3O3/c1-4-15(12-22)19-17(23)11-20-9-10-21(18(20)24)16-7-5-14(6-8-16)13(2)3/h5-8,13,15,22H,4,9-12H2,1-3H3,(H,19,23). The Labute approximate surface area is 143 Å². The number of hydrogen-bond donors (Lipinski definition) is 2. The number of carbonyl (C=O) groups excluding carboxylic acids is 2. The molecular weight excluding hydrogens is 306 g/mol. The molecule has 0 aromatic heterocycles. The van der Waals surface area contributed by atoms with Gasteiger partial charge in [-0.05, 0) is 30.0 Å². The van der Waals surface area contributed by atoms with Gasteiger partial charge in [0.1, 0.15) is 6.54 Å². The lowest BCUT2D eigenvalue weighted by Gasteiger charge is -2.20. The molecule has 6 nitrogen and oxygen atoms in total. The van der Waals surface area contributed by atoms with Gasteiger partial charge in [0.15, 0.2) is 0 Å². The molecule has 0 aliphatic carbocycles. The number of nitrogens with one attached hydrogen (secondary N) is 1. The molecule has 1 unspecified atom stereocenters. The quantitative estimate of drug-likeness (QED) is 0.801. The van der Waals surface area contributed by atoms with Crippen LogP contribution in [0.5, 0.6) is 0 Å². The molecule has 0 spiro atoms. The highest BCUT2D eigenvalue weighted by atomic mass is 16.3. The molecule has 6 heteroatoms. The van der Waals surface area contributed by atoms with Crippen molar-refractivity contribution in [3.05, 3.63) is 29.8 Å². The minimum Gasteiger partial charge on any atom is -0.394 e. The zero-order valence-corrected chi connectivity index (χ0v) is 14.7. The van der Waals surface area contributed by atoms with Crippen molar-refractivity contribution in [1.29, 1.82) is 0 Å². The number of nitrogens with zero attached hydrogens (tertiary/aromatic N) is 2. The molecule has 2 N–H and O–H groups in total. The van der Waals surface area contributed by atoms with E-state index in [1.54, 1.807) is 4.90 Å². The van der Waals surface area contributed by atoms with Crippen LogP contribution in [-0.2, 0) is 4.79 Å². The van der Waals surface area contributed by atoms with Gasteiger partial charge in [-0.15, -0.1) is 0 Å². The number of amides is 3. The number of aliphatic hydroxyl groups is 1. The summed E-state index contributed by atoms with van der Waals surface area (Å²) in [5.41, 5.74) is 2.09. The summed E-state index contributed by atoms with van der Waals surface area (Å²) in [7, 11) is 0. The van der Waals surface area contributed by atoms with Gasteiger partial charge in [0.05, 0.1) is 12.6 Å². The maximum Gasteiger partial charge on any atom is 0.325 e. The van der Waals surface area contributed by atoms with Gasteiger partial charge in [0.25, 0.3) is 0 Å². The molecule has 0 saturated carbocycles. The second-order valence-corrected chi connectivity index (χ2v) is 6.46. The molecule has 1 aliphatic rings. The molecule has 24 heavy (non-hydrogen) atoms. The molecule has 1 aromatic rings. The number of benzene rings is 1. The topological polar surface area (TPSA) is 72.9 Å². The molecular formula is C18H27N3O3. The van der Waals surface area contributed by atoms with Gasteiger partial charge in [-0.1, -0.05) is 32.9 Å². The van der Waals surface area contributed by atoms with Gasteiger partial charge in [0, 0.05) is 18.8 Å². The Morgan fingerprint density at radius 2 is 1.92 bits per heavy atom. The molecule has 0 radical (unpaired) electrons. The van der Waals surface area contributed by atoms with E-state index in [1.807, 2.05) is 31.2 Å². The zero-order valence-electron chi connectivity index (χ0n) is 14.7. The van der Waals surface area contributed by atoms with Crippen molar-refractivity contribution < 1.29 is 14.7 Å². The fourth-order valence-electron chi connectivity index (χ4n) is 2.73. The first-order valence-electron chi connectivity index (χ1n) is 8.52. The number of anilines is 1. The van der Waals surface area contributed by atoms with Crippen LogP contribution in [-0.4, -0.2) is 54.2 Å². The summed E-state index contributed by atoms with van der Waals surface area (Å²) in [4.78, 5) is 27.7. The summed E-state index contributed by atoms with van der Waals surface area (Å²) >= 11 is 0. The third-order valence-corrected chi connectivity index (χ3v) is 4.38. The fourth-order valence-corrected chi connectivity index (χ4v) is 2.73. The van der Waals surface area contributed by atoms with Crippen molar-refractivity contribution in [1.82, 2.24) is 10.2 Å². The SMILES string of the molecule is CCC(CO)NC(=O)CN1CCN(c2ccc(C(C)C)cc2)C1=O. The third-order valence-electron chi connectivity index (χ3n) is 4.38. The lowest BCUT2D eigenvalue weighted by atomic mass is 10.0. The molecule has 1 fully saturated rings. The van der Waals surface area contributed by atoms with E-state index in [1.165, 1.54) is 10.5 Å². The van der Waals surface area contributed by atoms with Crippen molar-refractivity contribution in [3.8, 4) is 0 Å². The molecule has 0 bridgehead atoms. The van der Waals surface area contributed by atoms with Crippen LogP contribution < -0.4 is 10.2 Å². The second-order valence-electron chi connectivity index (χ2n) is 6.46. The van der Waals surface area contributed by atoms with Gasteiger partial charge < -0.3 is 15.3 Å². The van der Waals surface area contributed by atoms with Crippen molar-refractivity contribution in [2.24, 2.45) is 0 Å². The highest BCUT2D eigenvalue weighted by molar-refractivity contribution is 5.96. The monoisotopic (exact) mass is 333 g/mol.